The number of benzene rings is 2. The molecule has 0 bridgehead atoms. The van der Waals surface area contributed by atoms with E-state index in [9.17, 15) is 24.5 Å². The van der Waals surface area contributed by atoms with Crippen LogP contribution in [0.25, 0.3) is 0 Å². The van der Waals surface area contributed by atoms with Crippen LogP contribution in [0.15, 0.2) is 36.4 Å². The van der Waals surface area contributed by atoms with Gasteiger partial charge in [-0.25, -0.2) is 0 Å². The number of aryl methyl sites for hydroxylation is 2. The predicted octanol–water partition coefficient (Wildman–Crippen LogP) is 2.32. The van der Waals surface area contributed by atoms with Crippen LogP contribution in [0.3, 0.4) is 0 Å². The number of nitro groups is 1. The second kappa shape index (κ2) is 6.31. The Morgan fingerprint density at radius 1 is 1.11 bits per heavy atom. The van der Waals surface area contributed by atoms with E-state index in [-0.39, 0.29) is 11.1 Å². The molecule has 2 aromatic carbocycles. The molecule has 8 nitrogen and oxygen atoms in total. The highest BCUT2D eigenvalue weighted by Gasteiger charge is 2.41. The number of carbonyl (C=O) groups excluding carboxylic acids is 3. The summed E-state index contributed by atoms with van der Waals surface area (Å²) in [5.41, 5.74) is 2.29. The zero-order valence-electron chi connectivity index (χ0n) is 14.2. The van der Waals surface area contributed by atoms with Gasteiger partial charge in [-0.3, -0.25) is 29.4 Å². The molecule has 2 aromatic rings. The van der Waals surface area contributed by atoms with Crippen LogP contribution in [0, 0.1) is 10.1 Å². The molecule has 27 heavy (non-hydrogen) atoms. The van der Waals surface area contributed by atoms with Gasteiger partial charge in [-0.05, 0) is 48.6 Å². The van der Waals surface area contributed by atoms with E-state index in [4.69, 9.17) is 0 Å². The van der Waals surface area contributed by atoms with E-state index in [1.54, 1.807) is 6.07 Å². The molecule has 0 radical (unpaired) electrons. The maximum Gasteiger partial charge on any atom is 0.282 e. The third kappa shape index (κ3) is 2.84. The van der Waals surface area contributed by atoms with Crippen LogP contribution in [0.4, 0.5) is 11.4 Å². The molecule has 4 rings (SSSR count). The first-order valence-electron chi connectivity index (χ1n) is 8.51. The lowest BCUT2D eigenvalue weighted by atomic mass is 10.1. The average Bonchev–Trinajstić information content (AvgIpc) is 3.20. The molecule has 136 valence electrons. The molecule has 3 amide bonds. The second-order valence-electron chi connectivity index (χ2n) is 6.54. The fraction of sp³-hybridized carbons (Fsp3) is 0.211. The van der Waals surface area contributed by atoms with Crippen molar-refractivity contribution in [2.75, 3.05) is 11.9 Å². The van der Waals surface area contributed by atoms with E-state index < -0.39 is 34.9 Å². The Bertz CT molecular complexity index is 1010. The summed E-state index contributed by atoms with van der Waals surface area (Å²) >= 11 is 0. The molecule has 0 saturated heterocycles. The molecule has 1 aliphatic heterocycles. The number of fused-ring (bicyclic) bond motifs is 2. The number of rotatable bonds is 4. The Morgan fingerprint density at radius 2 is 1.89 bits per heavy atom. The van der Waals surface area contributed by atoms with Gasteiger partial charge in [-0.2, -0.15) is 0 Å². The smallest absolute Gasteiger partial charge is 0.282 e. The number of nitro benzene ring substituents is 1. The second-order valence-corrected chi connectivity index (χ2v) is 6.54. The first kappa shape index (κ1) is 16.9. The summed E-state index contributed by atoms with van der Waals surface area (Å²) in [6.45, 7) is -0.499. The average molecular weight is 365 g/mol. The van der Waals surface area contributed by atoms with Crippen molar-refractivity contribution < 1.29 is 19.3 Å². The monoisotopic (exact) mass is 365 g/mol. The molecule has 2 aliphatic rings. The summed E-state index contributed by atoms with van der Waals surface area (Å²) in [4.78, 5) is 48.4. The highest BCUT2D eigenvalue weighted by atomic mass is 16.6. The molecule has 1 N–H and O–H groups in total. The topological polar surface area (TPSA) is 110 Å². The fourth-order valence-corrected chi connectivity index (χ4v) is 3.61. The molecule has 0 atom stereocenters. The van der Waals surface area contributed by atoms with Gasteiger partial charge in [-0.15, -0.1) is 0 Å². The highest BCUT2D eigenvalue weighted by Crippen LogP contribution is 2.30. The van der Waals surface area contributed by atoms with Crippen molar-refractivity contribution in [1.82, 2.24) is 4.90 Å². The Kier molecular flexibility index (Phi) is 3.95. The zero-order chi connectivity index (χ0) is 19.1. The maximum absolute atomic E-state index is 12.5. The van der Waals surface area contributed by atoms with Crippen LogP contribution in [0.5, 0.6) is 0 Å². The largest absolute Gasteiger partial charge is 0.325 e. The van der Waals surface area contributed by atoms with E-state index in [1.807, 2.05) is 12.1 Å². The Morgan fingerprint density at radius 3 is 2.67 bits per heavy atom. The minimum Gasteiger partial charge on any atom is -0.325 e. The molecule has 0 unspecified atom stereocenters. The van der Waals surface area contributed by atoms with E-state index in [1.165, 1.54) is 23.3 Å². The molecular formula is C19H15N3O5. The van der Waals surface area contributed by atoms with Crippen molar-refractivity contribution in [2.45, 2.75) is 19.3 Å². The lowest BCUT2D eigenvalue weighted by Gasteiger charge is -2.14. The summed E-state index contributed by atoms with van der Waals surface area (Å²) < 4.78 is 0. The first-order chi connectivity index (χ1) is 13.0. The van der Waals surface area contributed by atoms with Crippen LogP contribution in [0.2, 0.25) is 0 Å². The first-order valence-corrected chi connectivity index (χ1v) is 8.51. The SMILES string of the molecule is O=C(CN1C(=O)c2cccc([N+](=O)[O-])c2C1=O)Nc1ccc2c(c1)CCC2. The van der Waals surface area contributed by atoms with Crippen LogP contribution in [-0.4, -0.2) is 34.1 Å². The van der Waals surface area contributed by atoms with E-state index >= 15 is 0 Å². The summed E-state index contributed by atoms with van der Waals surface area (Å²) in [5.74, 6) is -2.07. The number of anilines is 1. The van der Waals surface area contributed by atoms with Crippen LogP contribution < -0.4 is 5.32 Å². The summed E-state index contributed by atoms with van der Waals surface area (Å²) in [6, 6.07) is 9.50. The summed E-state index contributed by atoms with van der Waals surface area (Å²) in [6.07, 6.45) is 3.07. The lowest BCUT2D eigenvalue weighted by molar-refractivity contribution is -0.385. The molecule has 0 fully saturated rings. The highest BCUT2D eigenvalue weighted by molar-refractivity contribution is 6.24. The van der Waals surface area contributed by atoms with Gasteiger partial charge in [-0.1, -0.05) is 12.1 Å². The molecule has 8 heteroatoms. The van der Waals surface area contributed by atoms with Gasteiger partial charge in [0.15, 0.2) is 0 Å². The van der Waals surface area contributed by atoms with E-state index in [0.29, 0.717) is 5.69 Å². The van der Waals surface area contributed by atoms with Crippen LogP contribution in [0.1, 0.15) is 38.3 Å². The van der Waals surface area contributed by atoms with Gasteiger partial charge < -0.3 is 5.32 Å². The number of amides is 3. The van der Waals surface area contributed by atoms with Crippen molar-refractivity contribution in [2.24, 2.45) is 0 Å². The van der Waals surface area contributed by atoms with E-state index in [0.717, 1.165) is 30.2 Å². The van der Waals surface area contributed by atoms with Crippen molar-refractivity contribution >= 4 is 29.1 Å². The standard InChI is InChI=1S/C19H15N3O5/c23-16(20-13-8-7-11-3-1-4-12(11)9-13)10-21-18(24)14-5-2-6-15(22(26)27)17(14)19(21)25/h2,5-9H,1,3-4,10H2,(H,20,23). The molecule has 0 saturated carbocycles. The lowest BCUT2D eigenvalue weighted by Crippen LogP contribution is -2.37. The number of imide groups is 1. The minimum atomic E-state index is -0.827. The molecule has 1 aliphatic carbocycles. The Labute approximate surface area is 153 Å². The van der Waals surface area contributed by atoms with Gasteiger partial charge in [0, 0.05) is 11.8 Å². The number of hydrogen-bond donors (Lipinski definition) is 1. The van der Waals surface area contributed by atoms with Gasteiger partial charge in [0.2, 0.25) is 5.91 Å². The van der Waals surface area contributed by atoms with Gasteiger partial charge in [0.05, 0.1) is 10.5 Å². The molecule has 0 spiro atoms. The van der Waals surface area contributed by atoms with Crippen LogP contribution in [-0.2, 0) is 17.6 Å². The van der Waals surface area contributed by atoms with Crippen molar-refractivity contribution in [3.63, 3.8) is 0 Å². The van der Waals surface area contributed by atoms with Crippen molar-refractivity contribution in [1.29, 1.82) is 0 Å². The summed E-state index contributed by atoms with van der Waals surface area (Å²) in [7, 11) is 0. The number of nitrogens with zero attached hydrogens (tertiary/aromatic N) is 2. The van der Waals surface area contributed by atoms with Gasteiger partial charge in [0.1, 0.15) is 12.1 Å². The third-order valence-corrected chi connectivity index (χ3v) is 4.86. The fourth-order valence-electron chi connectivity index (χ4n) is 3.61. The predicted molar refractivity (Wildman–Crippen MR) is 95.6 cm³/mol. The van der Waals surface area contributed by atoms with Gasteiger partial charge >= 0.3 is 0 Å². The quantitative estimate of drug-likeness (QED) is 0.508. The molecule has 0 aromatic heterocycles. The van der Waals surface area contributed by atoms with Crippen molar-refractivity contribution in [3.05, 3.63) is 68.8 Å². The zero-order valence-corrected chi connectivity index (χ0v) is 14.2. The van der Waals surface area contributed by atoms with Gasteiger partial charge in [0.25, 0.3) is 17.5 Å². The number of carbonyl (C=O) groups is 3. The third-order valence-electron chi connectivity index (χ3n) is 4.86. The number of hydrogen-bond acceptors (Lipinski definition) is 5. The minimum absolute atomic E-state index is 0.0560. The Balaban J connectivity index is 1.52. The Hall–Kier alpha value is -3.55. The van der Waals surface area contributed by atoms with E-state index in [2.05, 4.69) is 5.32 Å². The summed E-state index contributed by atoms with van der Waals surface area (Å²) in [5, 5.41) is 13.8. The molecule has 1 heterocycles. The van der Waals surface area contributed by atoms with Crippen molar-refractivity contribution in [3.8, 4) is 0 Å². The van der Waals surface area contributed by atoms with Crippen LogP contribution >= 0.6 is 0 Å². The number of nitrogens with one attached hydrogen (secondary N) is 1. The maximum atomic E-state index is 12.5. The normalized spacial score (nSPS) is 14.9. The molecular weight excluding hydrogens is 350 g/mol.